The monoisotopic (exact) mass is 305 g/mol. The number of carbonyl (C=O) groups is 1. The molecular formula is C17H23NO4. The standard InChI is InChI=1S/C17H23NO4/c1-4-8-22-16(17(20)21-5-2)9-12-11-18(3)15-7-6-13(19)10-14(12)15/h6-7,10-11,16,19H,4-5,8-9H2,1-3H3. The summed E-state index contributed by atoms with van der Waals surface area (Å²) >= 11 is 0. The van der Waals surface area contributed by atoms with Crippen molar-refractivity contribution in [3.63, 3.8) is 0 Å². The van der Waals surface area contributed by atoms with Gasteiger partial charge in [0.05, 0.1) is 6.61 Å². The Morgan fingerprint density at radius 2 is 2.14 bits per heavy atom. The van der Waals surface area contributed by atoms with Crippen molar-refractivity contribution in [2.45, 2.75) is 32.8 Å². The Morgan fingerprint density at radius 3 is 2.82 bits per heavy atom. The molecule has 2 aromatic rings. The number of aromatic hydroxyl groups is 1. The summed E-state index contributed by atoms with van der Waals surface area (Å²) in [6.45, 7) is 4.63. The molecule has 1 unspecified atom stereocenters. The van der Waals surface area contributed by atoms with Crippen molar-refractivity contribution in [3.05, 3.63) is 30.0 Å². The highest BCUT2D eigenvalue weighted by molar-refractivity contribution is 5.86. The van der Waals surface area contributed by atoms with E-state index in [1.807, 2.05) is 30.8 Å². The van der Waals surface area contributed by atoms with Crippen LogP contribution in [0.15, 0.2) is 24.4 Å². The Balaban J connectivity index is 2.28. The molecular weight excluding hydrogens is 282 g/mol. The minimum Gasteiger partial charge on any atom is -0.508 e. The van der Waals surface area contributed by atoms with Gasteiger partial charge in [-0.15, -0.1) is 0 Å². The SMILES string of the molecule is CCCOC(Cc1cn(C)c2ccc(O)cc12)C(=O)OCC. The van der Waals surface area contributed by atoms with Crippen molar-refractivity contribution in [2.75, 3.05) is 13.2 Å². The van der Waals surface area contributed by atoms with E-state index in [0.29, 0.717) is 19.6 Å². The summed E-state index contributed by atoms with van der Waals surface area (Å²) in [7, 11) is 1.94. The molecule has 0 amide bonds. The second-order valence-electron chi connectivity index (χ2n) is 5.28. The van der Waals surface area contributed by atoms with Gasteiger partial charge in [-0.05, 0) is 37.1 Å². The number of rotatable bonds is 7. The van der Waals surface area contributed by atoms with E-state index in [2.05, 4.69) is 0 Å². The lowest BCUT2D eigenvalue weighted by molar-refractivity contribution is -0.156. The van der Waals surface area contributed by atoms with E-state index in [0.717, 1.165) is 22.9 Å². The summed E-state index contributed by atoms with van der Waals surface area (Å²) in [4.78, 5) is 12.1. The zero-order valence-electron chi connectivity index (χ0n) is 13.3. The summed E-state index contributed by atoms with van der Waals surface area (Å²) in [5.74, 6) is -0.129. The first kappa shape index (κ1) is 16.4. The van der Waals surface area contributed by atoms with Gasteiger partial charge in [-0.2, -0.15) is 0 Å². The van der Waals surface area contributed by atoms with Crippen molar-refractivity contribution in [2.24, 2.45) is 7.05 Å². The van der Waals surface area contributed by atoms with E-state index < -0.39 is 6.10 Å². The molecule has 22 heavy (non-hydrogen) atoms. The molecule has 0 bridgehead atoms. The predicted molar refractivity (Wildman–Crippen MR) is 85.0 cm³/mol. The zero-order chi connectivity index (χ0) is 16.1. The van der Waals surface area contributed by atoms with Crippen LogP contribution in [0.4, 0.5) is 0 Å². The highest BCUT2D eigenvalue weighted by atomic mass is 16.6. The molecule has 0 radical (unpaired) electrons. The van der Waals surface area contributed by atoms with E-state index in [1.54, 1.807) is 19.1 Å². The molecule has 5 nitrogen and oxygen atoms in total. The molecule has 1 aromatic heterocycles. The van der Waals surface area contributed by atoms with Crippen molar-refractivity contribution in [3.8, 4) is 5.75 Å². The molecule has 0 aliphatic rings. The van der Waals surface area contributed by atoms with Crippen LogP contribution >= 0.6 is 0 Å². The zero-order valence-corrected chi connectivity index (χ0v) is 13.3. The lowest BCUT2D eigenvalue weighted by atomic mass is 10.1. The fraction of sp³-hybridized carbons (Fsp3) is 0.471. The van der Waals surface area contributed by atoms with Gasteiger partial charge in [0.25, 0.3) is 0 Å². The van der Waals surface area contributed by atoms with Crippen LogP contribution in [0.1, 0.15) is 25.8 Å². The molecule has 1 N–H and O–H groups in total. The minimum absolute atomic E-state index is 0.210. The van der Waals surface area contributed by atoms with Crippen molar-refractivity contribution >= 4 is 16.9 Å². The normalized spacial score (nSPS) is 12.5. The molecule has 1 atom stereocenters. The number of aromatic nitrogens is 1. The Labute approximate surface area is 130 Å². The summed E-state index contributed by atoms with van der Waals surface area (Å²) in [6, 6.07) is 5.23. The third-order valence-corrected chi connectivity index (χ3v) is 3.53. The Hall–Kier alpha value is -2.01. The molecule has 120 valence electrons. The fourth-order valence-electron chi connectivity index (χ4n) is 2.53. The van der Waals surface area contributed by atoms with E-state index in [9.17, 15) is 9.90 Å². The number of fused-ring (bicyclic) bond motifs is 1. The van der Waals surface area contributed by atoms with Crippen molar-refractivity contribution < 1.29 is 19.4 Å². The predicted octanol–water partition coefficient (Wildman–Crippen LogP) is 2.78. The maximum atomic E-state index is 12.1. The number of benzene rings is 1. The average Bonchev–Trinajstić information content (AvgIpc) is 2.79. The van der Waals surface area contributed by atoms with Crippen LogP contribution in [-0.4, -0.2) is 35.0 Å². The van der Waals surface area contributed by atoms with E-state index in [4.69, 9.17) is 9.47 Å². The number of esters is 1. The molecule has 1 aromatic carbocycles. The van der Waals surface area contributed by atoms with Gasteiger partial charge in [0.15, 0.2) is 6.10 Å². The number of nitrogens with zero attached hydrogens (tertiary/aromatic N) is 1. The molecule has 0 spiro atoms. The molecule has 0 saturated carbocycles. The molecule has 0 fully saturated rings. The number of phenolic OH excluding ortho intramolecular Hbond substituents is 1. The molecule has 2 rings (SSSR count). The Bertz CT molecular complexity index is 647. The van der Waals surface area contributed by atoms with Crippen LogP contribution in [0.5, 0.6) is 5.75 Å². The summed E-state index contributed by atoms with van der Waals surface area (Å²) in [6.07, 6.45) is 2.62. The average molecular weight is 305 g/mol. The van der Waals surface area contributed by atoms with Gasteiger partial charge in [-0.25, -0.2) is 4.79 Å². The number of hydrogen-bond donors (Lipinski definition) is 1. The van der Waals surface area contributed by atoms with Gasteiger partial charge < -0.3 is 19.1 Å². The fourth-order valence-corrected chi connectivity index (χ4v) is 2.53. The highest BCUT2D eigenvalue weighted by Gasteiger charge is 2.22. The first-order valence-electron chi connectivity index (χ1n) is 7.62. The molecule has 0 saturated heterocycles. The Morgan fingerprint density at radius 1 is 1.36 bits per heavy atom. The van der Waals surface area contributed by atoms with E-state index >= 15 is 0 Å². The van der Waals surface area contributed by atoms with Crippen LogP contribution < -0.4 is 0 Å². The second kappa shape index (κ2) is 7.31. The van der Waals surface area contributed by atoms with Crippen LogP contribution in [-0.2, 0) is 27.7 Å². The maximum absolute atomic E-state index is 12.1. The second-order valence-corrected chi connectivity index (χ2v) is 5.28. The van der Waals surface area contributed by atoms with E-state index in [1.165, 1.54) is 0 Å². The number of ether oxygens (including phenoxy) is 2. The number of carbonyl (C=O) groups excluding carboxylic acids is 1. The first-order chi connectivity index (χ1) is 10.6. The minimum atomic E-state index is -0.618. The van der Waals surface area contributed by atoms with Gasteiger partial charge in [-0.3, -0.25) is 0 Å². The molecule has 1 heterocycles. The lowest BCUT2D eigenvalue weighted by Gasteiger charge is -2.15. The van der Waals surface area contributed by atoms with Crippen molar-refractivity contribution in [1.82, 2.24) is 4.57 Å². The smallest absolute Gasteiger partial charge is 0.335 e. The maximum Gasteiger partial charge on any atom is 0.335 e. The summed E-state index contributed by atoms with van der Waals surface area (Å²) in [5.41, 5.74) is 1.97. The quantitative estimate of drug-likeness (QED) is 0.799. The van der Waals surface area contributed by atoms with Gasteiger partial charge in [0.1, 0.15) is 5.75 Å². The summed E-state index contributed by atoms with van der Waals surface area (Å²) < 4.78 is 12.7. The van der Waals surface area contributed by atoms with Gasteiger partial charge >= 0.3 is 5.97 Å². The first-order valence-corrected chi connectivity index (χ1v) is 7.62. The van der Waals surface area contributed by atoms with Crippen LogP contribution in [0, 0.1) is 0 Å². The third-order valence-electron chi connectivity index (χ3n) is 3.53. The lowest BCUT2D eigenvalue weighted by Crippen LogP contribution is -2.29. The summed E-state index contributed by atoms with van der Waals surface area (Å²) in [5, 5.41) is 10.6. The highest BCUT2D eigenvalue weighted by Crippen LogP contribution is 2.26. The van der Waals surface area contributed by atoms with Gasteiger partial charge in [-0.1, -0.05) is 6.92 Å². The third kappa shape index (κ3) is 3.60. The molecule has 0 aliphatic heterocycles. The van der Waals surface area contributed by atoms with Gasteiger partial charge in [0, 0.05) is 37.2 Å². The van der Waals surface area contributed by atoms with Crippen LogP contribution in [0.3, 0.4) is 0 Å². The largest absolute Gasteiger partial charge is 0.508 e. The van der Waals surface area contributed by atoms with Gasteiger partial charge in [0.2, 0.25) is 0 Å². The van der Waals surface area contributed by atoms with Crippen LogP contribution in [0.25, 0.3) is 10.9 Å². The Kier molecular flexibility index (Phi) is 5.44. The molecule has 0 aliphatic carbocycles. The number of aryl methyl sites for hydroxylation is 1. The van der Waals surface area contributed by atoms with Crippen LogP contribution in [0.2, 0.25) is 0 Å². The number of phenols is 1. The topological polar surface area (TPSA) is 60.7 Å². The number of hydrogen-bond acceptors (Lipinski definition) is 4. The van der Waals surface area contributed by atoms with Crippen molar-refractivity contribution in [1.29, 1.82) is 0 Å². The molecule has 5 heteroatoms. The van der Waals surface area contributed by atoms with E-state index in [-0.39, 0.29) is 11.7 Å².